The number of hydrogen-bond acceptors (Lipinski definition) is 3. The van der Waals surface area contributed by atoms with Gasteiger partial charge in [-0.15, -0.1) is 0 Å². The number of carbonyl (C=O) groups is 1. The van der Waals surface area contributed by atoms with Gasteiger partial charge in [0, 0.05) is 6.20 Å². The molecule has 1 aliphatic heterocycles. The molecule has 0 spiro atoms. The van der Waals surface area contributed by atoms with Crippen molar-refractivity contribution in [2.24, 2.45) is 0 Å². The molecule has 0 saturated heterocycles. The van der Waals surface area contributed by atoms with Gasteiger partial charge in [0.15, 0.2) is 0 Å². The van der Waals surface area contributed by atoms with E-state index in [2.05, 4.69) is 0 Å². The number of rotatable bonds is 2. The minimum absolute atomic E-state index is 0.0216. The number of ether oxygens (including phenoxy) is 2. The van der Waals surface area contributed by atoms with Gasteiger partial charge in [0.05, 0.1) is 20.3 Å². The summed E-state index contributed by atoms with van der Waals surface area (Å²) in [4.78, 5) is 13.1. The Bertz CT molecular complexity index is 425. The van der Waals surface area contributed by atoms with Crippen LogP contribution in [0.1, 0.15) is 18.0 Å². The van der Waals surface area contributed by atoms with Gasteiger partial charge in [-0.3, -0.25) is 4.90 Å². The Morgan fingerprint density at radius 2 is 2.00 bits per heavy atom. The molecule has 1 aliphatic rings. The third kappa shape index (κ3) is 2.25. The average molecular weight is 233 g/mol. The zero-order valence-electron chi connectivity index (χ0n) is 9.92. The van der Waals surface area contributed by atoms with Gasteiger partial charge < -0.3 is 9.47 Å². The molecule has 4 heteroatoms. The van der Waals surface area contributed by atoms with Crippen LogP contribution in [0.3, 0.4) is 0 Å². The Morgan fingerprint density at radius 1 is 1.29 bits per heavy atom. The van der Waals surface area contributed by atoms with Gasteiger partial charge in [0.1, 0.15) is 5.75 Å². The van der Waals surface area contributed by atoms with E-state index in [4.69, 9.17) is 9.47 Å². The van der Waals surface area contributed by atoms with E-state index in [0.717, 1.165) is 17.7 Å². The molecule has 1 aromatic rings. The normalized spacial score (nSPS) is 18.2. The SMILES string of the molecule is COC(=O)N1C=CC[C@@H]1c1ccc(OC)cc1. The molecule has 17 heavy (non-hydrogen) atoms. The third-order valence-electron chi connectivity index (χ3n) is 2.85. The monoisotopic (exact) mass is 233 g/mol. The fourth-order valence-corrected chi connectivity index (χ4v) is 1.94. The lowest BCUT2D eigenvalue weighted by Crippen LogP contribution is -2.26. The van der Waals surface area contributed by atoms with Gasteiger partial charge >= 0.3 is 6.09 Å². The lowest BCUT2D eigenvalue weighted by atomic mass is 10.0. The summed E-state index contributed by atoms with van der Waals surface area (Å²) in [6, 6.07) is 7.74. The Labute approximate surface area is 100 Å². The number of methoxy groups -OCH3 is 2. The van der Waals surface area contributed by atoms with E-state index < -0.39 is 0 Å². The second-order valence-corrected chi connectivity index (χ2v) is 3.79. The Morgan fingerprint density at radius 3 is 2.59 bits per heavy atom. The molecule has 2 rings (SSSR count). The van der Waals surface area contributed by atoms with E-state index in [0.29, 0.717) is 0 Å². The molecule has 0 aromatic heterocycles. The van der Waals surface area contributed by atoms with Gasteiger partial charge in [-0.05, 0) is 24.1 Å². The molecule has 0 aliphatic carbocycles. The van der Waals surface area contributed by atoms with Crippen LogP contribution in [0.2, 0.25) is 0 Å². The number of nitrogens with zero attached hydrogens (tertiary/aromatic N) is 1. The van der Waals surface area contributed by atoms with Crippen LogP contribution in [0, 0.1) is 0 Å². The summed E-state index contributed by atoms with van der Waals surface area (Å²) in [5.41, 5.74) is 1.07. The van der Waals surface area contributed by atoms with E-state index >= 15 is 0 Å². The van der Waals surface area contributed by atoms with E-state index in [1.54, 1.807) is 18.2 Å². The molecule has 1 atom stereocenters. The van der Waals surface area contributed by atoms with E-state index in [1.807, 2.05) is 30.3 Å². The van der Waals surface area contributed by atoms with Gasteiger partial charge in [-0.2, -0.15) is 0 Å². The highest BCUT2D eigenvalue weighted by atomic mass is 16.5. The van der Waals surface area contributed by atoms with Crippen LogP contribution in [-0.2, 0) is 4.74 Å². The Hall–Kier alpha value is -1.97. The molecular formula is C13H15NO3. The lowest BCUT2D eigenvalue weighted by molar-refractivity contribution is 0.130. The molecule has 1 aromatic carbocycles. The van der Waals surface area contributed by atoms with Crippen molar-refractivity contribution in [3.05, 3.63) is 42.1 Å². The van der Waals surface area contributed by atoms with Crippen LogP contribution < -0.4 is 4.74 Å². The Balaban J connectivity index is 2.18. The van der Waals surface area contributed by atoms with E-state index in [-0.39, 0.29) is 12.1 Å². The van der Waals surface area contributed by atoms with Gasteiger partial charge in [-0.1, -0.05) is 18.2 Å². The van der Waals surface area contributed by atoms with Crippen molar-refractivity contribution < 1.29 is 14.3 Å². The molecule has 0 unspecified atom stereocenters. The van der Waals surface area contributed by atoms with Crippen molar-refractivity contribution in [1.29, 1.82) is 0 Å². The molecule has 1 heterocycles. The highest BCUT2D eigenvalue weighted by Gasteiger charge is 2.26. The molecule has 90 valence electrons. The molecule has 0 N–H and O–H groups in total. The first-order valence-electron chi connectivity index (χ1n) is 5.43. The summed E-state index contributed by atoms with van der Waals surface area (Å²) in [7, 11) is 3.02. The average Bonchev–Trinajstić information content (AvgIpc) is 2.87. The summed E-state index contributed by atoms with van der Waals surface area (Å²) in [5, 5.41) is 0. The van der Waals surface area contributed by atoms with Crippen molar-refractivity contribution in [2.45, 2.75) is 12.5 Å². The molecule has 0 saturated carbocycles. The minimum Gasteiger partial charge on any atom is -0.497 e. The van der Waals surface area contributed by atoms with Crippen molar-refractivity contribution in [1.82, 2.24) is 4.90 Å². The zero-order valence-corrected chi connectivity index (χ0v) is 9.92. The van der Waals surface area contributed by atoms with Crippen molar-refractivity contribution in [2.75, 3.05) is 14.2 Å². The number of carbonyl (C=O) groups excluding carboxylic acids is 1. The predicted molar refractivity (Wildman–Crippen MR) is 63.7 cm³/mol. The van der Waals surface area contributed by atoms with E-state index in [1.165, 1.54) is 7.11 Å². The van der Waals surface area contributed by atoms with Gasteiger partial charge in [0.25, 0.3) is 0 Å². The van der Waals surface area contributed by atoms with E-state index in [9.17, 15) is 4.79 Å². The Kier molecular flexibility index (Phi) is 3.32. The predicted octanol–water partition coefficient (Wildman–Crippen LogP) is 2.72. The molecule has 4 nitrogen and oxygen atoms in total. The largest absolute Gasteiger partial charge is 0.497 e. The number of amides is 1. The molecule has 0 fully saturated rings. The maximum Gasteiger partial charge on any atom is 0.414 e. The third-order valence-corrected chi connectivity index (χ3v) is 2.85. The van der Waals surface area contributed by atoms with Crippen molar-refractivity contribution in [3.8, 4) is 5.75 Å². The number of benzene rings is 1. The van der Waals surface area contributed by atoms with Gasteiger partial charge in [0.2, 0.25) is 0 Å². The first-order chi connectivity index (χ1) is 8.26. The fourth-order valence-electron chi connectivity index (χ4n) is 1.94. The van der Waals surface area contributed by atoms with Crippen LogP contribution in [0.5, 0.6) is 5.75 Å². The molecular weight excluding hydrogens is 218 g/mol. The van der Waals surface area contributed by atoms with Crippen LogP contribution in [0.4, 0.5) is 4.79 Å². The molecule has 0 bridgehead atoms. The second kappa shape index (κ2) is 4.91. The maximum atomic E-state index is 11.5. The van der Waals surface area contributed by atoms with Crippen LogP contribution in [0.25, 0.3) is 0 Å². The summed E-state index contributed by atoms with van der Waals surface area (Å²) < 4.78 is 9.85. The quantitative estimate of drug-likeness (QED) is 0.788. The summed E-state index contributed by atoms with van der Waals surface area (Å²) in [6.07, 6.45) is 4.20. The first-order valence-corrected chi connectivity index (χ1v) is 5.43. The van der Waals surface area contributed by atoms with Crippen molar-refractivity contribution >= 4 is 6.09 Å². The number of hydrogen-bond donors (Lipinski definition) is 0. The highest BCUT2D eigenvalue weighted by molar-refractivity contribution is 5.70. The molecule has 0 radical (unpaired) electrons. The smallest absolute Gasteiger partial charge is 0.414 e. The fraction of sp³-hybridized carbons (Fsp3) is 0.308. The highest BCUT2D eigenvalue weighted by Crippen LogP contribution is 2.31. The summed E-state index contributed by atoms with van der Waals surface area (Å²) >= 11 is 0. The standard InChI is InChI=1S/C13H15NO3/c1-16-11-7-5-10(6-8-11)12-4-3-9-14(12)13(15)17-2/h3,5-9,12H,4H2,1-2H3/t12-/m1/s1. The topological polar surface area (TPSA) is 38.8 Å². The maximum absolute atomic E-state index is 11.5. The molecule has 1 amide bonds. The second-order valence-electron chi connectivity index (χ2n) is 3.79. The van der Waals surface area contributed by atoms with Gasteiger partial charge in [-0.25, -0.2) is 4.79 Å². The zero-order chi connectivity index (χ0) is 12.3. The minimum atomic E-state index is -0.334. The summed E-state index contributed by atoms with van der Waals surface area (Å²) in [6.45, 7) is 0. The van der Waals surface area contributed by atoms with Crippen LogP contribution in [0.15, 0.2) is 36.5 Å². The van der Waals surface area contributed by atoms with Crippen LogP contribution in [-0.4, -0.2) is 25.2 Å². The first kappa shape index (κ1) is 11.5. The van der Waals surface area contributed by atoms with Crippen LogP contribution >= 0.6 is 0 Å². The van der Waals surface area contributed by atoms with Crippen molar-refractivity contribution in [3.63, 3.8) is 0 Å². The lowest BCUT2D eigenvalue weighted by Gasteiger charge is -2.22. The summed E-state index contributed by atoms with van der Waals surface area (Å²) in [5.74, 6) is 0.810.